The molecule has 3 nitrogen and oxygen atoms in total. The van der Waals surface area contributed by atoms with E-state index >= 15 is 0 Å². The fourth-order valence-corrected chi connectivity index (χ4v) is 2.29. The first-order valence-corrected chi connectivity index (χ1v) is 7.51. The van der Waals surface area contributed by atoms with Gasteiger partial charge in [0.1, 0.15) is 11.5 Å². The van der Waals surface area contributed by atoms with Crippen LogP contribution in [0.5, 0.6) is 11.5 Å². The first kappa shape index (κ1) is 14.0. The van der Waals surface area contributed by atoms with Crippen LogP contribution in [0.3, 0.4) is 0 Å². The number of rotatable bonds is 6. The average molecular weight is 283 g/mol. The van der Waals surface area contributed by atoms with E-state index in [0.29, 0.717) is 12.7 Å². The summed E-state index contributed by atoms with van der Waals surface area (Å²) in [7, 11) is 0. The molecular weight excluding hydrogens is 262 g/mol. The Kier molecular flexibility index (Phi) is 4.11. The largest absolute Gasteiger partial charge is 0.494 e. The SMILES string of the molecule is CCOc1cccc(C(N)c2ccc(OC3CC3)cc2)c1. The molecule has 1 atom stereocenters. The molecule has 0 aliphatic heterocycles. The van der Waals surface area contributed by atoms with Crippen LogP contribution in [-0.2, 0) is 0 Å². The minimum atomic E-state index is -0.152. The monoisotopic (exact) mass is 283 g/mol. The Morgan fingerprint density at radius 2 is 1.81 bits per heavy atom. The molecule has 0 spiro atoms. The van der Waals surface area contributed by atoms with Gasteiger partial charge in [-0.25, -0.2) is 0 Å². The molecule has 110 valence electrons. The van der Waals surface area contributed by atoms with Gasteiger partial charge >= 0.3 is 0 Å². The predicted molar refractivity (Wildman–Crippen MR) is 83.7 cm³/mol. The molecular formula is C18H21NO2. The maximum Gasteiger partial charge on any atom is 0.119 e. The first-order valence-electron chi connectivity index (χ1n) is 7.51. The lowest BCUT2D eigenvalue weighted by Gasteiger charge is -2.14. The van der Waals surface area contributed by atoms with E-state index in [9.17, 15) is 0 Å². The van der Waals surface area contributed by atoms with Crippen LogP contribution in [0.2, 0.25) is 0 Å². The van der Waals surface area contributed by atoms with E-state index in [4.69, 9.17) is 15.2 Å². The summed E-state index contributed by atoms with van der Waals surface area (Å²) < 4.78 is 11.3. The van der Waals surface area contributed by atoms with Gasteiger partial charge in [0.2, 0.25) is 0 Å². The summed E-state index contributed by atoms with van der Waals surface area (Å²) in [6.45, 7) is 2.64. The molecule has 1 unspecified atom stereocenters. The average Bonchev–Trinajstić information content (AvgIpc) is 3.32. The van der Waals surface area contributed by atoms with Crippen molar-refractivity contribution in [3.05, 3.63) is 59.7 Å². The summed E-state index contributed by atoms with van der Waals surface area (Å²) in [6, 6.07) is 15.9. The van der Waals surface area contributed by atoms with Crippen LogP contribution in [0.4, 0.5) is 0 Å². The van der Waals surface area contributed by atoms with Gasteiger partial charge in [-0.1, -0.05) is 24.3 Å². The highest BCUT2D eigenvalue weighted by atomic mass is 16.5. The molecule has 1 aliphatic carbocycles. The van der Waals surface area contributed by atoms with Crippen LogP contribution >= 0.6 is 0 Å². The van der Waals surface area contributed by atoms with E-state index in [0.717, 1.165) is 22.6 Å². The summed E-state index contributed by atoms with van der Waals surface area (Å²) in [5, 5.41) is 0. The van der Waals surface area contributed by atoms with E-state index in [1.54, 1.807) is 0 Å². The molecule has 0 heterocycles. The molecule has 0 aromatic heterocycles. The van der Waals surface area contributed by atoms with Gasteiger partial charge in [0, 0.05) is 0 Å². The molecule has 2 N–H and O–H groups in total. The third kappa shape index (κ3) is 3.56. The maximum atomic E-state index is 6.35. The van der Waals surface area contributed by atoms with Gasteiger partial charge in [0.25, 0.3) is 0 Å². The van der Waals surface area contributed by atoms with E-state index in [1.165, 1.54) is 12.8 Å². The minimum absolute atomic E-state index is 0.152. The van der Waals surface area contributed by atoms with Crippen LogP contribution in [0, 0.1) is 0 Å². The van der Waals surface area contributed by atoms with Crippen LogP contribution in [-0.4, -0.2) is 12.7 Å². The summed E-state index contributed by atoms with van der Waals surface area (Å²) in [6.07, 6.45) is 2.77. The van der Waals surface area contributed by atoms with E-state index in [2.05, 4.69) is 0 Å². The Morgan fingerprint density at radius 1 is 1.05 bits per heavy atom. The molecule has 1 aliphatic rings. The lowest BCUT2D eigenvalue weighted by atomic mass is 9.99. The summed E-state index contributed by atoms with van der Waals surface area (Å²) in [5.41, 5.74) is 8.48. The quantitative estimate of drug-likeness (QED) is 0.879. The third-order valence-corrected chi connectivity index (χ3v) is 3.59. The smallest absolute Gasteiger partial charge is 0.119 e. The van der Waals surface area contributed by atoms with Crippen LogP contribution in [0.1, 0.15) is 36.9 Å². The third-order valence-electron chi connectivity index (χ3n) is 3.59. The molecule has 1 fully saturated rings. The van der Waals surface area contributed by atoms with E-state index in [1.807, 2.05) is 55.5 Å². The molecule has 0 bridgehead atoms. The van der Waals surface area contributed by atoms with Gasteiger partial charge in [-0.05, 0) is 55.2 Å². The highest BCUT2D eigenvalue weighted by Crippen LogP contribution is 2.29. The highest BCUT2D eigenvalue weighted by molar-refractivity contribution is 5.38. The molecule has 2 aromatic carbocycles. The Balaban J connectivity index is 1.73. The van der Waals surface area contributed by atoms with E-state index < -0.39 is 0 Å². The molecule has 0 saturated heterocycles. The van der Waals surface area contributed by atoms with Crippen molar-refractivity contribution in [2.24, 2.45) is 5.73 Å². The second-order valence-electron chi connectivity index (χ2n) is 5.37. The lowest BCUT2D eigenvalue weighted by molar-refractivity contribution is 0.303. The van der Waals surface area contributed by atoms with Gasteiger partial charge in [-0.2, -0.15) is 0 Å². The first-order chi connectivity index (χ1) is 10.3. The minimum Gasteiger partial charge on any atom is -0.494 e. The number of benzene rings is 2. The van der Waals surface area contributed by atoms with Crippen LogP contribution in [0.25, 0.3) is 0 Å². The van der Waals surface area contributed by atoms with Gasteiger partial charge < -0.3 is 15.2 Å². The summed E-state index contributed by atoms with van der Waals surface area (Å²) in [5.74, 6) is 1.79. The van der Waals surface area contributed by atoms with Crippen molar-refractivity contribution in [2.75, 3.05) is 6.61 Å². The zero-order valence-electron chi connectivity index (χ0n) is 12.3. The van der Waals surface area contributed by atoms with Crippen molar-refractivity contribution < 1.29 is 9.47 Å². The van der Waals surface area contributed by atoms with Crippen molar-refractivity contribution in [3.63, 3.8) is 0 Å². The Morgan fingerprint density at radius 3 is 2.48 bits per heavy atom. The van der Waals surface area contributed by atoms with Crippen molar-refractivity contribution in [3.8, 4) is 11.5 Å². The standard InChI is InChI=1S/C18H21NO2/c1-2-20-17-5-3-4-14(12-17)18(19)13-6-8-15(9-7-13)21-16-10-11-16/h3-9,12,16,18H,2,10-11,19H2,1H3. The van der Waals surface area contributed by atoms with Gasteiger partial charge in [0.15, 0.2) is 0 Å². The molecule has 21 heavy (non-hydrogen) atoms. The number of nitrogens with two attached hydrogens (primary N) is 1. The van der Waals surface area contributed by atoms with Crippen LogP contribution < -0.4 is 15.2 Å². The lowest BCUT2D eigenvalue weighted by Crippen LogP contribution is -2.12. The highest BCUT2D eigenvalue weighted by Gasteiger charge is 2.23. The number of hydrogen-bond acceptors (Lipinski definition) is 3. The molecule has 0 amide bonds. The molecule has 2 aromatic rings. The van der Waals surface area contributed by atoms with Crippen molar-refractivity contribution in [1.29, 1.82) is 0 Å². The molecule has 3 heteroatoms. The second-order valence-corrected chi connectivity index (χ2v) is 5.37. The molecule has 1 saturated carbocycles. The topological polar surface area (TPSA) is 44.5 Å². The van der Waals surface area contributed by atoms with E-state index in [-0.39, 0.29) is 6.04 Å². The Bertz CT molecular complexity index is 590. The second kappa shape index (κ2) is 6.19. The zero-order chi connectivity index (χ0) is 14.7. The van der Waals surface area contributed by atoms with Crippen molar-refractivity contribution >= 4 is 0 Å². The number of hydrogen-bond donors (Lipinski definition) is 1. The van der Waals surface area contributed by atoms with Crippen LogP contribution in [0.15, 0.2) is 48.5 Å². The predicted octanol–water partition coefficient (Wildman–Crippen LogP) is 3.67. The zero-order valence-corrected chi connectivity index (χ0v) is 12.3. The van der Waals surface area contributed by atoms with Gasteiger partial charge in [-0.3, -0.25) is 0 Å². The normalized spacial score (nSPS) is 15.5. The van der Waals surface area contributed by atoms with Gasteiger partial charge in [-0.15, -0.1) is 0 Å². The molecule has 0 radical (unpaired) electrons. The van der Waals surface area contributed by atoms with Gasteiger partial charge in [0.05, 0.1) is 18.8 Å². The summed E-state index contributed by atoms with van der Waals surface area (Å²) >= 11 is 0. The maximum absolute atomic E-state index is 6.35. The summed E-state index contributed by atoms with van der Waals surface area (Å²) in [4.78, 5) is 0. The fourth-order valence-electron chi connectivity index (χ4n) is 2.29. The Hall–Kier alpha value is -2.00. The van der Waals surface area contributed by atoms with Crippen molar-refractivity contribution in [2.45, 2.75) is 31.9 Å². The number of ether oxygens (including phenoxy) is 2. The molecule has 3 rings (SSSR count). The van der Waals surface area contributed by atoms with Crippen molar-refractivity contribution in [1.82, 2.24) is 0 Å². The fraction of sp³-hybridized carbons (Fsp3) is 0.333. The Labute approximate surface area is 125 Å².